The molecule has 1 aliphatic rings. The number of carboxylic acids is 1. The van der Waals surface area contributed by atoms with Crippen LogP contribution in [0.5, 0.6) is 0 Å². The summed E-state index contributed by atoms with van der Waals surface area (Å²) >= 11 is 0. The molecular formula is C8H15NO2. The Bertz CT molecular complexity index is 165. The van der Waals surface area contributed by atoms with Crippen molar-refractivity contribution < 1.29 is 9.90 Å². The highest BCUT2D eigenvalue weighted by atomic mass is 16.4. The van der Waals surface area contributed by atoms with Gasteiger partial charge in [0.1, 0.15) is 0 Å². The lowest BCUT2D eigenvalue weighted by atomic mass is 9.75. The van der Waals surface area contributed by atoms with E-state index < -0.39 is 11.5 Å². The van der Waals surface area contributed by atoms with Crippen LogP contribution in [0.4, 0.5) is 0 Å². The second-order valence-electron chi connectivity index (χ2n) is 3.64. The normalized spacial score (nSPS) is 38.5. The highest BCUT2D eigenvalue weighted by Gasteiger charge is 2.37. The lowest BCUT2D eigenvalue weighted by Crippen LogP contribution is -2.49. The number of rotatable bonds is 1. The zero-order valence-electron chi connectivity index (χ0n) is 6.84. The van der Waals surface area contributed by atoms with E-state index in [9.17, 15) is 4.79 Å². The van der Waals surface area contributed by atoms with E-state index in [2.05, 4.69) is 0 Å². The lowest BCUT2D eigenvalue weighted by Gasteiger charge is -2.35. The minimum Gasteiger partial charge on any atom is -0.481 e. The second-order valence-corrected chi connectivity index (χ2v) is 3.64. The minimum absolute atomic E-state index is 0.337. The number of nitrogens with two attached hydrogens (primary N) is 1. The second kappa shape index (κ2) is 2.81. The third kappa shape index (κ3) is 1.71. The summed E-state index contributed by atoms with van der Waals surface area (Å²) in [5, 5.41) is 8.79. The smallest absolute Gasteiger partial charge is 0.308 e. The summed E-state index contributed by atoms with van der Waals surface area (Å²) in [5.74, 6) is -1.08. The van der Waals surface area contributed by atoms with Crippen molar-refractivity contribution in [2.45, 2.75) is 38.1 Å². The van der Waals surface area contributed by atoms with Gasteiger partial charge in [-0.25, -0.2) is 0 Å². The van der Waals surface area contributed by atoms with Crippen molar-refractivity contribution >= 4 is 5.97 Å². The van der Waals surface area contributed by atoms with Gasteiger partial charge in [0.15, 0.2) is 0 Å². The van der Waals surface area contributed by atoms with Gasteiger partial charge in [0.2, 0.25) is 0 Å². The molecule has 11 heavy (non-hydrogen) atoms. The summed E-state index contributed by atoms with van der Waals surface area (Å²) in [4.78, 5) is 10.7. The fourth-order valence-electron chi connectivity index (χ4n) is 1.76. The van der Waals surface area contributed by atoms with Crippen LogP contribution >= 0.6 is 0 Å². The van der Waals surface area contributed by atoms with Crippen LogP contribution in [0.3, 0.4) is 0 Å². The van der Waals surface area contributed by atoms with Gasteiger partial charge in [-0.2, -0.15) is 0 Å². The SMILES string of the molecule is CC1(N)CCCCC1C(=O)O. The van der Waals surface area contributed by atoms with E-state index in [4.69, 9.17) is 10.8 Å². The lowest BCUT2D eigenvalue weighted by molar-refractivity contribution is -0.145. The number of carboxylic acid groups (broad SMARTS) is 1. The molecule has 0 spiro atoms. The summed E-state index contributed by atoms with van der Waals surface area (Å²) < 4.78 is 0. The quantitative estimate of drug-likeness (QED) is 0.596. The highest BCUT2D eigenvalue weighted by Crippen LogP contribution is 2.31. The van der Waals surface area contributed by atoms with Gasteiger partial charge in [-0.1, -0.05) is 12.8 Å². The minimum atomic E-state index is -0.741. The Hall–Kier alpha value is -0.570. The number of hydrogen-bond donors (Lipinski definition) is 2. The first-order valence-corrected chi connectivity index (χ1v) is 4.06. The zero-order valence-corrected chi connectivity index (χ0v) is 6.84. The summed E-state index contributed by atoms with van der Waals surface area (Å²) in [5.41, 5.74) is 5.36. The largest absolute Gasteiger partial charge is 0.481 e. The molecule has 0 radical (unpaired) electrons. The third-order valence-electron chi connectivity index (χ3n) is 2.55. The molecule has 0 aromatic carbocycles. The van der Waals surface area contributed by atoms with Crippen molar-refractivity contribution in [1.82, 2.24) is 0 Å². The van der Waals surface area contributed by atoms with Crippen LogP contribution in [0, 0.1) is 5.92 Å². The van der Waals surface area contributed by atoms with Crippen molar-refractivity contribution in [2.24, 2.45) is 11.7 Å². The maximum Gasteiger partial charge on any atom is 0.308 e. The van der Waals surface area contributed by atoms with E-state index in [1.54, 1.807) is 0 Å². The molecule has 3 heteroatoms. The van der Waals surface area contributed by atoms with Gasteiger partial charge in [-0.3, -0.25) is 4.79 Å². The van der Waals surface area contributed by atoms with E-state index in [-0.39, 0.29) is 5.92 Å². The first-order chi connectivity index (χ1) is 5.04. The summed E-state index contributed by atoms with van der Waals surface area (Å²) in [6, 6.07) is 0. The average molecular weight is 157 g/mol. The predicted molar refractivity (Wildman–Crippen MR) is 42.2 cm³/mol. The van der Waals surface area contributed by atoms with Crippen LogP contribution in [0.1, 0.15) is 32.6 Å². The maximum absolute atomic E-state index is 10.7. The summed E-state index contributed by atoms with van der Waals surface area (Å²) in [6.45, 7) is 1.84. The monoisotopic (exact) mass is 157 g/mol. The van der Waals surface area contributed by atoms with Crippen molar-refractivity contribution in [2.75, 3.05) is 0 Å². The van der Waals surface area contributed by atoms with Crippen LogP contribution in [0.15, 0.2) is 0 Å². The first kappa shape index (κ1) is 8.53. The number of hydrogen-bond acceptors (Lipinski definition) is 2. The van der Waals surface area contributed by atoms with Gasteiger partial charge in [0, 0.05) is 5.54 Å². The summed E-state index contributed by atoms with van der Waals surface area (Å²) in [7, 11) is 0. The van der Waals surface area contributed by atoms with Crippen molar-refractivity contribution in [3.05, 3.63) is 0 Å². The molecule has 0 aromatic heterocycles. The summed E-state index contributed by atoms with van der Waals surface area (Å²) in [6.07, 6.45) is 3.65. The van der Waals surface area contributed by atoms with E-state index >= 15 is 0 Å². The molecule has 1 saturated carbocycles. The van der Waals surface area contributed by atoms with Crippen molar-refractivity contribution in [3.63, 3.8) is 0 Å². The molecule has 3 nitrogen and oxygen atoms in total. The van der Waals surface area contributed by atoms with Gasteiger partial charge < -0.3 is 10.8 Å². The fourth-order valence-corrected chi connectivity index (χ4v) is 1.76. The molecule has 2 unspecified atom stereocenters. The Balaban J connectivity index is 2.67. The molecule has 0 heterocycles. The number of aliphatic carboxylic acids is 1. The van der Waals surface area contributed by atoms with Crippen LogP contribution in [0.2, 0.25) is 0 Å². The molecule has 0 amide bonds. The van der Waals surface area contributed by atoms with Crippen molar-refractivity contribution in [1.29, 1.82) is 0 Å². The van der Waals surface area contributed by atoms with E-state index in [0.717, 1.165) is 25.7 Å². The van der Waals surface area contributed by atoms with E-state index in [1.165, 1.54) is 0 Å². The molecule has 0 bridgehead atoms. The molecule has 3 N–H and O–H groups in total. The fraction of sp³-hybridized carbons (Fsp3) is 0.875. The standard InChI is InChI=1S/C8H15NO2/c1-8(9)5-3-2-4-6(8)7(10)11/h6H,2-5,9H2,1H3,(H,10,11). The third-order valence-corrected chi connectivity index (χ3v) is 2.55. The molecule has 1 fully saturated rings. The molecule has 0 saturated heterocycles. The Morgan fingerprint density at radius 1 is 1.64 bits per heavy atom. The maximum atomic E-state index is 10.7. The first-order valence-electron chi connectivity index (χ1n) is 4.06. The van der Waals surface area contributed by atoms with E-state index in [1.807, 2.05) is 6.92 Å². The Labute approximate surface area is 66.6 Å². The zero-order chi connectivity index (χ0) is 8.48. The van der Waals surface area contributed by atoms with Crippen LogP contribution < -0.4 is 5.73 Å². The molecule has 2 atom stereocenters. The molecule has 1 rings (SSSR count). The van der Waals surface area contributed by atoms with Crippen LogP contribution in [-0.2, 0) is 4.79 Å². The Morgan fingerprint density at radius 2 is 2.27 bits per heavy atom. The Morgan fingerprint density at radius 3 is 2.64 bits per heavy atom. The number of carbonyl (C=O) groups is 1. The molecular weight excluding hydrogens is 142 g/mol. The van der Waals surface area contributed by atoms with Gasteiger partial charge in [0.05, 0.1) is 5.92 Å². The van der Waals surface area contributed by atoms with Crippen molar-refractivity contribution in [3.8, 4) is 0 Å². The molecule has 0 aliphatic heterocycles. The molecule has 0 aromatic rings. The van der Waals surface area contributed by atoms with E-state index in [0.29, 0.717) is 0 Å². The van der Waals surface area contributed by atoms with Crippen LogP contribution in [-0.4, -0.2) is 16.6 Å². The predicted octanol–water partition coefficient (Wildman–Crippen LogP) is 0.979. The Kier molecular flexibility index (Phi) is 2.18. The highest BCUT2D eigenvalue weighted by molar-refractivity contribution is 5.71. The molecule has 1 aliphatic carbocycles. The molecule has 64 valence electrons. The van der Waals surface area contributed by atoms with Crippen LogP contribution in [0.25, 0.3) is 0 Å². The van der Waals surface area contributed by atoms with Gasteiger partial charge in [0.25, 0.3) is 0 Å². The van der Waals surface area contributed by atoms with Gasteiger partial charge in [-0.05, 0) is 19.8 Å². The van der Waals surface area contributed by atoms with Gasteiger partial charge in [-0.15, -0.1) is 0 Å². The topological polar surface area (TPSA) is 63.3 Å². The average Bonchev–Trinajstić information content (AvgIpc) is 1.85. The van der Waals surface area contributed by atoms with Gasteiger partial charge >= 0.3 is 5.97 Å².